The van der Waals surface area contributed by atoms with E-state index < -0.39 is 6.04 Å². The van der Waals surface area contributed by atoms with Crippen LogP contribution in [0, 0.1) is 0 Å². The van der Waals surface area contributed by atoms with Gasteiger partial charge in [0, 0.05) is 0 Å². The van der Waals surface area contributed by atoms with Gasteiger partial charge in [0.2, 0.25) is 11.8 Å². The SMILES string of the molecule is C=CCC1C(=O)Nc2cccc3c2N1C(=O)C3c1ccccc1. The molecule has 114 valence electrons. The van der Waals surface area contributed by atoms with Crippen LogP contribution in [0.3, 0.4) is 0 Å². The van der Waals surface area contributed by atoms with Crippen LogP contribution in [0.5, 0.6) is 0 Å². The third kappa shape index (κ3) is 1.91. The van der Waals surface area contributed by atoms with Gasteiger partial charge in [-0.2, -0.15) is 0 Å². The molecule has 2 unspecified atom stereocenters. The van der Waals surface area contributed by atoms with Gasteiger partial charge >= 0.3 is 0 Å². The molecule has 0 aliphatic carbocycles. The van der Waals surface area contributed by atoms with Gasteiger partial charge < -0.3 is 5.32 Å². The summed E-state index contributed by atoms with van der Waals surface area (Å²) in [5.74, 6) is -0.553. The second-order valence-electron chi connectivity index (χ2n) is 5.82. The number of anilines is 2. The number of hydrogen-bond donors (Lipinski definition) is 1. The molecule has 0 saturated heterocycles. The molecule has 0 fully saturated rings. The Morgan fingerprint density at radius 2 is 1.87 bits per heavy atom. The maximum Gasteiger partial charge on any atom is 0.247 e. The summed E-state index contributed by atoms with van der Waals surface area (Å²) >= 11 is 0. The van der Waals surface area contributed by atoms with E-state index in [9.17, 15) is 9.59 Å². The van der Waals surface area contributed by atoms with E-state index in [0.717, 1.165) is 16.8 Å². The maximum atomic E-state index is 13.1. The van der Waals surface area contributed by atoms with Crippen molar-refractivity contribution in [3.63, 3.8) is 0 Å². The maximum absolute atomic E-state index is 13.1. The molecule has 2 amide bonds. The van der Waals surface area contributed by atoms with Crippen molar-refractivity contribution in [3.8, 4) is 0 Å². The fourth-order valence-corrected chi connectivity index (χ4v) is 3.53. The second kappa shape index (κ2) is 5.09. The Bertz CT molecular complexity index is 813. The lowest BCUT2D eigenvalue weighted by molar-refractivity contribution is -0.123. The highest BCUT2D eigenvalue weighted by Gasteiger charge is 2.47. The molecule has 2 aromatic rings. The molecule has 0 bridgehead atoms. The average Bonchev–Trinajstić information content (AvgIpc) is 2.86. The van der Waals surface area contributed by atoms with Crippen LogP contribution in [0.1, 0.15) is 23.5 Å². The molecular weight excluding hydrogens is 288 g/mol. The molecule has 0 saturated carbocycles. The first kappa shape index (κ1) is 13.8. The van der Waals surface area contributed by atoms with E-state index in [2.05, 4.69) is 11.9 Å². The zero-order chi connectivity index (χ0) is 16.0. The number of para-hydroxylation sites is 1. The summed E-state index contributed by atoms with van der Waals surface area (Å²) in [7, 11) is 0. The second-order valence-corrected chi connectivity index (χ2v) is 5.82. The molecule has 2 aliphatic rings. The van der Waals surface area contributed by atoms with Gasteiger partial charge in [-0.1, -0.05) is 48.5 Å². The Labute approximate surface area is 134 Å². The fraction of sp³-hybridized carbons (Fsp3) is 0.158. The molecule has 2 aromatic carbocycles. The summed E-state index contributed by atoms with van der Waals surface area (Å²) in [6.45, 7) is 3.72. The Hall–Kier alpha value is -2.88. The van der Waals surface area contributed by atoms with Crippen LogP contribution in [0.4, 0.5) is 11.4 Å². The molecule has 1 N–H and O–H groups in total. The van der Waals surface area contributed by atoms with Crippen LogP contribution in [0.25, 0.3) is 0 Å². The third-order valence-electron chi connectivity index (χ3n) is 4.50. The van der Waals surface area contributed by atoms with Gasteiger partial charge in [-0.15, -0.1) is 6.58 Å². The molecule has 0 radical (unpaired) electrons. The molecular formula is C19H16N2O2. The minimum atomic E-state index is -0.526. The topological polar surface area (TPSA) is 49.4 Å². The lowest BCUT2D eigenvalue weighted by Crippen LogP contribution is -2.49. The molecule has 2 heterocycles. The predicted molar refractivity (Wildman–Crippen MR) is 89.4 cm³/mol. The lowest BCUT2D eigenvalue weighted by atomic mass is 9.92. The van der Waals surface area contributed by atoms with Crippen molar-refractivity contribution < 1.29 is 9.59 Å². The molecule has 0 aromatic heterocycles. The molecule has 4 nitrogen and oxygen atoms in total. The van der Waals surface area contributed by atoms with E-state index in [1.807, 2.05) is 48.5 Å². The van der Waals surface area contributed by atoms with Gasteiger partial charge in [0.1, 0.15) is 6.04 Å². The van der Waals surface area contributed by atoms with E-state index in [4.69, 9.17) is 0 Å². The van der Waals surface area contributed by atoms with Gasteiger partial charge in [0.25, 0.3) is 0 Å². The number of benzene rings is 2. The number of carbonyl (C=O) groups is 2. The highest BCUT2D eigenvalue weighted by atomic mass is 16.2. The van der Waals surface area contributed by atoms with Crippen molar-refractivity contribution >= 4 is 23.2 Å². The van der Waals surface area contributed by atoms with Crippen molar-refractivity contribution in [2.45, 2.75) is 18.4 Å². The van der Waals surface area contributed by atoms with E-state index in [1.165, 1.54) is 0 Å². The summed E-state index contributed by atoms with van der Waals surface area (Å²) < 4.78 is 0. The zero-order valence-electron chi connectivity index (χ0n) is 12.5. The predicted octanol–water partition coefficient (Wildman–Crippen LogP) is 3.06. The molecule has 2 atom stereocenters. The normalized spacial score (nSPS) is 21.8. The van der Waals surface area contributed by atoms with Gasteiger partial charge in [-0.25, -0.2) is 0 Å². The lowest BCUT2D eigenvalue weighted by Gasteiger charge is -2.33. The number of nitrogens with zero attached hydrogens (tertiary/aromatic N) is 1. The van der Waals surface area contributed by atoms with Crippen molar-refractivity contribution in [2.24, 2.45) is 0 Å². The average molecular weight is 304 g/mol. The van der Waals surface area contributed by atoms with Gasteiger partial charge in [-0.05, 0) is 23.6 Å². The first-order chi connectivity index (χ1) is 11.2. The number of hydrogen-bond acceptors (Lipinski definition) is 2. The van der Waals surface area contributed by atoms with Crippen LogP contribution in [-0.4, -0.2) is 17.9 Å². The van der Waals surface area contributed by atoms with Gasteiger partial charge in [0.05, 0.1) is 17.3 Å². The Balaban J connectivity index is 1.91. The van der Waals surface area contributed by atoms with Gasteiger partial charge in [0.15, 0.2) is 0 Å². The number of nitrogens with one attached hydrogen (secondary N) is 1. The minimum Gasteiger partial charge on any atom is -0.322 e. The number of amides is 2. The van der Waals surface area contributed by atoms with E-state index >= 15 is 0 Å². The zero-order valence-corrected chi connectivity index (χ0v) is 12.5. The van der Waals surface area contributed by atoms with Crippen molar-refractivity contribution in [1.82, 2.24) is 0 Å². The fourth-order valence-electron chi connectivity index (χ4n) is 3.53. The number of carbonyl (C=O) groups excluding carboxylic acids is 2. The summed E-state index contributed by atoms with van der Waals surface area (Å²) in [6.07, 6.45) is 2.12. The van der Waals surface area contributed by atoms with Gasteiger partial charge in [-0.3, -0.25) is 14.5 Å². The standard InChI is InChI=1S/C19H16N2O2/c1-2-7-15-18(22)20-14-11-6-10-13-16(12-8-4-3-5-9-12)19(23)21(15)17(13)14/h2-6,8-11,15-16H,1,7H2,(H,20,22). The first-order valence-corrected chi connectivity index (χ1v) is 7.65. The monoisotopic (exact) mass is 304 g/mol. The number of rotatable bonds is 3. The summed E-state index contributed by atoms with van der Waals surface area (Å²) in [4.78, 5) is 27.2. The van der Waals surface area contributed by atoms with Crippen LogP contribution in [0.15, 0.2) is 61.2 Å². The first-order valence-electron chi connectivity index (χ1n) is 7.65. The molecule has 4 rings (SSSR count). The van der Waals surface area contributed by atoms with Crippen molar-refractivity contribution in [1.29, 1.82) is 0 Å². The highest BCUT2D eigenvalue weighted by Crippen LogP contribution is 2.48. The van der Waals surface area contributed by atoms with Crippen LogP contribution < -0.4 is 10.2 Å². The Kier molecular flexibility index (Phi) is 3.05. The summed E-state index contributed by atoms with van der Waals surface area (Å²) in [6, 6.07) is 14.9. The molecule has 2 aliphatic heterocycles. The summed E-state index contributed by atoms with van der Waals surface area (Å²) in [5.41, 5.74) is 3.44. The quantitative estimate of drug-likeness (QED) is 0.886. The molecule has 0 spiro atoms. The van der Waals surface area contributed by atoms with Crippen molar-refractivity contribution in [3.05, 3.63) is 72.3 Å². The van der Waals surface area contributed by atoms with Crippen LogP contribution in [-0.2, 0) is 9.59 Å². The Morgan fingerprint density at radius 1 is 1.09 bits per heavy atom. The minimum absolute atomic E-state index is 0.0413. The van der Waals surface area contributed by atoms with E-state index in [1.54, 1.807) is 11.0 Å². The molecule has 4 heteroatoms. The van der Waals surface area contributed by atoms with Crippen LogP contribution in [0.2, 0.25) is 0 Å². The third-order valence-corrected chi connectivity index (χ3v) is 4.50. The Morgan fingerprint density at radius 3 is 2.61 bits per heavy atom. The largest absolute Gasteiger partial charge is 0.322 e. The van der Waals surface area contributed by atoms with E-state index in [-0.39, 0.29) is 17.7 Å². The highest BCUT2D eigenvalue weighted by molar-refractivity contribution is 6.18. The van der Waals surface area contributed by atoms with Crippen LogP contribution >= 0.6 is 0 Å². The van der Waals surface area contributed by atoms with Crippen molar-refractivity contribution in [2.75, 3.05) is 10.2 Å². The van der Waals surface area contributed by atoms with E-state index in [0.29, 0.717) is 12.1 Å². The molecule has 23 heavy (non-hydrogen) atoms. The smallest absolute Gasteiger partial charge is 0.247 e. The summed E-state index contributed by atoms with van der Waals surface area (Å²) in [5, 5.41) is 2.92.